The van der Waals surface area contributed by atoms with Crippen molar-refractivity contribution < 1.29 is 57.8 Å². The number of epoxide rings is 1. The quantitative estimate of drug-likeness (QED) is 0.0888. The molecule has 3 rings (SSSR count). The molecule has 0 radical (unpaired) electrons. The molecule has 0 aromatic heterocycles. The molecule has 0 saturated carbocycles. The molecule has 330 valence electrons. The van der Waals surface area contributed by atoms with Crippen molar-refractivity contribution in [3.05, 3.63) is 48.2 Å². The fraction of sp³-hybridized carbons (Fsp3) is 0.756. The second-order valence-electron chi connectivity index (χ2n) is 16.9. The van der Waals surface area contributed by atoms with Gasteiger partial charge in [0.2, 0.25) is 6.41 Å². The molecule has 1 fully saturated rings. The van der Waals surface area contributed by atoms with Crippen LogP contribution in [0.3, 0.4) is 0 Å². The number of ether oxygens (including phenoxy) is 7. The van der Waals surface area contributed by atoms with Crippen molar-refractivity contribution in [1.82, 2.24) is 4.90 Å². The van der Waals surface area contributed by atoms with E-state index in [1.165, 1.54) is 11.0 Å². The largest absolute Gasteiger partial charge is 0.458 e. The van der Waals surface area contributed by atoms with Crippen LogP contribution in [0.2, 0.25) is 0 Å². The van der Waals surface area contributed by atoms with E-state index in [1.54, 1.807) is 47.8 Å². The van der Waals surface area contributed by atoms with Gasteiger partial charge in [0.05, 0.1) is 55.4 Å². The monoisotopic (exact) mass is 820 g/mol. The molecule has 0 unspecified atom stereocenters. The molecule has 2 bridgehead atoms. The molecule has 3 aliphatic heterocycles. The summed E-state index contributed by atoms with van der Waals surface area (Å²) in [6.07, 6.45) is 11.9. The Morgan fingerprint density at radius 1 is 1.03 bits per heavy atom. The fourth-order valence-corrected chi connectivity index (χ4v) is 8.63. The molecule has 2 N–H and O–H groups in total. The van der Waals surface area contributed by atoms with Crippen LogP contribution in [-0.4, -0.2) is 136 Å². The smallest absolute Gasteiger partial charge is 0.331 e. The predicted molar refractivity (Wildman–Crippen MR) is 221 cm³/mol. The number of aliphatic hydroxyl groups is 2. The molecule has 3 aliphatic rings. The van der Waals surface area contributed by atoms with Crippen molar-refractivity contribution in [3.8, 4) is 0 Å². The average molecular weight is 820 g/mol. The molecular weight excluding hydrogens is 746 g/mol. The van der Waals surface area contributed by atoms with Crippen LogP contribution in [-0.2, 0) is 47.5 Å². The summed E-state index contributed by atoms with van der Waals surface area (Å²) in [5.41, 5.74) is 0.0428. The number of methoxy groups -OCH3 is 4. The summed E-state index contributed by atoms with van der Waals surface area (Å²) < 4.78 is 42.8. The second kappa shape index (κ2) is 23.9. The van der Waals surface area contributed by atoms with E-state index in [2.05, 4.69) is 6.08 Å². The van der Waals surface area contributed by atoms with Gasteiger partial charge in [0.15, 0.2) is 0 Å². The summed E-state index contributed by atoms with van der Waals surface area (Å²) >= 11 is 0. The number of cyclic esters (lactones) is 1. The lowest BCUT2D eigenvalue weighted by molar-refractivity contribution is -0.159. The van der Waals surface area contributed by atoms with Gasteiger partial charge in [-0.3, -0.25) is 9.59 Å². The van der Waals surface area contributed by atoms with E-state index >= 15 is 0 Å². The Morgan fingerprint density at radius 2 is 1.71 bits per heavy atom. The number of hydrogen-bond donors (Lipinski definition) is 2. The first kappa shape index (κ1) is 49.6. The number of Topliss-reactive ketones (excluding diaryl/α,β-unsaturated/α-hetero) is 1. The van der Waals surface area contributed by atoms with Crippen molar-refractivity contribution in [3.63, 3.8) is 0 Å². The van der Waals surface area contributed by atoms with Crippen LogP contribution in [0.4, 0.5) is 0 Å². The van der Waals surface area contributed by atoms with Crippen LogP contribution >= 0.6 is 0 Å². The van der Waals surface area contributed by atoms with Gasteiger partial charge in [0.25, 0.3) is 0 Å². The van der Waals surface area contributed by atoms with Gasteiger partial charge in [-0.05, 0) is 32.1 Å². The molecule has 0 aromatic carbocycles. The van der Waals surface area contributed by atoms with Gasteiger partial charge in [-0.15, -0.1) is 0 Å². The predicted octanol–water partition coefficient (Wildman–Crippen LogP) is 5.37. The van der Waals surface area contributed by atoms with Gasteiger partial charge in [0.1, 0.15) is 17.5 Å². The number of ketones is 1. The van der Waals surface area contributed by atoms with E-state index in [4.69, 9.17) is 33.2 Å². The summed E-state index contributed by atoms with van der Waals surface area (Å²) in [4.78, 5) is 39.4. The molecule has 58 heavy (non-hydrogen) atoms. The highest BCUT2D eigenvalue weighted by atomic mass is 16.6. The molecule has 13 heteroatoms. The summed E-state index contributed by atoms with van der Waals surface area (Å²) in [5, 5.41) is 22.7. The second-order valence-corrected chi connectivity index (χ2v) is 16.9. The highest BCUT2D eigenvalue weighted by molar-refractivity contribution is 5.82. The third kappa shape index (κ3) is 13.9. The number of esters is 1. The van der Waals surface area contributed by atoms with Gasteiger partial charge in [0, 0.05) is 97.1 Å². The van der Waals surface area contributed by atoms with Gasteiger partial charge >= 0.3 is 5.97 Å². The number of carbonyl (C=O) groups is 3. The number of carbonyl (C=O) groups excluding carboxylic acids is 3. The third-order valence-corrected chi connectivity index (χ3v) is 12.6. The van der Waals surface area contributed by atoms with Crippen LogP contribution in [0.25, 0.3) is 0 Å². The number of allylic oxidation sites excluding steroid dienone is 2. The van der Waals surface area contributed by atoms with Crippen molar-refractivity contribution in [2.24, 2.45) is 29.6 Å². The Morgan fingerprint density at radius 3 is 2.31 bits per heavy atom. The molecular formula is C45H73NO12. The topological polar surface area (TPSA) is 163 Å². The van der Waals surface area contributed by atoms with E-state index < -0.39 is 65.9 Å². The van der Waals surface area contributed by atoms with Gasteiger partial charge in [-0.25, -0.2) is 4.79 Å². The lowest BCUT2D eigenvalue weighted by Gasteiger charge is -2.39. The summed E-state index contributed by atoms with van der Waals surface area (Å²) in [6, 6.07) is 0. The molecule has 0 aliphatic carbocycles. The van der Waals surface area contributed by atoms with Crippen molar-refractivity contribution in [2.75, 3.05) is 42.1 Å². The molecule has 1 amide bonds. The Hall–Kier alpha value is -2.75. The molecule has 1 saturated heterocycles. The van der Waals surface area contributed by atoms with E-state index in [0.29, 0.717) is 51.5 Å². The van der Waals surface area contributed by atoms with E-state index in [1.807, 2.05) is 59.8 Å². The minimum Gasteiger partial charge on any atom is -0.458 e. The molecule has 1 spiro atoms. The van der Waals surface area contributed by atoms with E-state index in [9.17, 15) is 24.6 Å². The highest BCUT2D eigenvalue weighted by Crippen LogP contribution is 2.43. The summed E-state index contributed by atoms with van der Waals surface area (Å²) in [6.45, 7) is 11.8. The zero-order valence-electron chi connectivity index (χ0n) is 36.8. The van der Waals surface area contributed by atoms with Crippen molar-refractivity contribution in [1.29, 1.82) is 0 Å². The van der Waals surface area contributed by atoms with Crippen LogP contribution in [0.1, 0.15) is 86.5 Å². The lowest BCUT2D eigenvalue weighted by Crippen LogP contribution is -2.50. The van der Waals surface area contributed by atoms with E-state index in [0.717, 1.165) is 5.57 Å². The Labute approximate surface area is 347 Å². The minimum absolute atomic E-state index is 0.00734. The Bertz CT molecular complexity index is 1410. The maximum Gasteiger partial charge on any atom is 0.331 e. The summed E-state index contributed by atoms with van der Waals surface area (Å²) in [7, 11) is 8.13. The number of aliphatic hydroxyl groups excluding tert-OH is 2. The lowest BCUT2D eigenvalue weighted by atomic mass is 9.78. The number of amides is 1. The molecule has 0 aromatic rings. The zero-order chi connectivity index (χ0) is 43.2. The first-order chi connectivity index (χ1) is 27.5. The van der Waals surface area contributed by atoms with E-state index in [-0.39, 0.29) is 42.4 Å². The normalized spacial score (nSPS) is 34.8. The average Bonchev–Trinajstić information content (AvgIpc) is 4.02. The minimum atomic E-state index is -0.931. The maximum atomic E-state index is 13.5. The number of nitrogens with zero attached hydrogens (tertiary/aromatic N) is 1. The molecule has 3 heterocycles. The van der Waals surface area contributed by atoms with Gasteiger partial charge < -0.3 is 48.3 Å². The van der Waals surface area contributed by atoms with Crippen molar-refractivity contribution >= 4 is 18.2 Å². The number of rotatable bonds is 16. The third-order valence-electron chi connectivity index (χ3n) is 12.6. The Balaban J connectivity index is 1.86. The maximum absolute atomic E-state index is 13.5. The van der Waals surface area contributed by atoms with Crippen LogP contribution < -0.4 is 0 Å². The van der Waals surface area contributed by atoms with Crippen LogP contribution in [0, 0.1) is 29.6 Å². The Kier molecular flexibility index (Phi) is 20.4. The van der Waals surface area contributed by atoms with Gasteiger partial charge in [-0.2, -0.15) is 0 Å². The first-order valence-corrected chi connectivity index (χ1v) is 20.9. The van der Waals surface area contributed by atoms with Crippen LogP contribution in [0.15, 0.2) is 48.2 Å². The van der Waals surface area contributed by atoms with Crippen molar-refractivity contribution in [2.45, 2.75) is 147 Å². The number of hydrogen-bond acceptors (Lipinski definition) is 12. The molecule has 13 nitrogen and oxygen atoms in total. The van der Waals surface area contributed by atoms with Gasteiger partial charge in [-0.1, -0.05) is 70.6 Å². The first-order valence-electron chi connectivity index (χ1n) is 20.9. The number of fused-ring (bicyclic) bond motifs is 2. The zero-order valence-corrected chi connectivity index (χ0v) is 36.8. The van der Waals surface area contributed by atoms with Crippen LogP contribution in [0.5, 0.6) is 0 Å². The molecule has 15 atom stereocenters. The highest BCUT2D eigenvalue weighted by Gasteiger charge is 2.59. The fourth-order valence-electron chi connectivity index (χ4n) is 8.63. The summed E-state index contributed by atoms with van der Waals surface area (Å²) in [5.74, 6) is -2.39. The standard InChI is InChI=1S/C45H73NO12/c1-28-15-18-34(48)23-35-13-12-14-36(57-35)24-39(53-9)45(26-56-45)40(54-10)25-38(52-8)32(5)44(58-41(50)20-16-28)33(6)42(51)29(2)17-19-37(49)31(4)43(55-11)30(3)21-22-46(7)27-47/h12-13,15-16,20-22,27,29-36,38-40,42-44,48,51H,14,17-19,23-26H2,1-11H3/b20-16-,22-21+,28-15-/t29-,30+,31-,32+,33-,34-,35+,36-,38+,39-,40-,42-,43+,44+,45-/m0/s1. The SMILES string of the molecule is CO[C@H]([C@H](C)/C=C/N(C)C=O)[C@@H](C)C(=O)CC[C@H](C)[C@H](O)[C@H](C)[C@@H]1OC(=O)/C=C\C(C)=C/C[C@H](O)C[C@H]2C=CC[C@@H](C[C@H](OC)[C@@]3(CO3)[C@@H](OC)C[C@@H](OC)[C@H]1C)O2.